The molecule has 1 atom stereocenters. The van der Waals surface area contributed by atoms with Gasteiger partial charge in [0.05, 0.1) is 13.2 Å². The molecule has 0 saturated heterocycles. The van der Waals surface area contributed by atoms with Crippen molar-refractivity contribution in [2.24, 2.45) is 5.73 Å². The van der Waals surface area contributed by atoms with Crippen molar-refractivity contribution in [1.82, 2.24) is 4.90 Å². The molecular weight excluding hydrogens is 272 g/mol. The van der Waals surface area contributed by atoms with Gasteiger partial charge in [0.15, 0.2) is 0 Å². The summed E-state index contributed by atoms with van der Waals surface area (Å²) in [6.07, 6.45) is 0. The summed E-state index contributed by atoms with van der Waals surface area (Å²) in [6, 6.07) is 21.5. The van der Waals surface area contributed by atoms with Crippen LogP contribution < -0.4 is 5.73 Å². The summed E-state index contributed by atoms with van der Waals surface area (Å²) < 4.78 is 5.63. The van der Waals surface area contributed by atoms with Gasteiger partial charge in [-0.05, 0) is 18.1 Å². The average Bonchev–Trinajstić information content (AvgIpc) is 2.56. The van der Waals surface area contributed by atoms with Crippen LogP contribution in [0.2, 0.25) is 0 Å². The fourth-order valence-electron chi connectivity index (χ4n) is 2.45. The molecule has 3 heteroatoms. The van der Waals surface area contributed by atoms with Crippen LogP contribution in [0.4, 0.5) is 0 Å². The van der Waals surface area contributed by atoms with Crippen LogP contribution in [0.25, 0.3) is 0 Å². The van der Waals surface area contributed by atoms with E-state index in [9.17, 15) is 0 Å². The Labute approximate surface area is 133 Å². The van der Waals surface area contributed by atoms with Crippen molar-refractivity contribution in [2.75, 3.05) is 19.8 Å². The van der Waals surface area contributed by atoms with Crippen LogP contribution in [-0.4, -0.2) is 30.7 Å². The Bertz CT molecular complexity index is 474. The Morgan fingerprint density at radius 1 is 0.909 bits per heavy atom. The molecule has 0 aliphatic heterocycles. The molecule has 2 N–H and O–H groups in total. The first-order chi connectivity index (χ1) is 10.8. The van der Waals surface area contributed by atoms with Crippen molar-refractivity contribution in [3.63, 3.8) is 0 Å². The SMILES string of the molecule is CC(COCCN)N(Cc1ccccc1)Cc1ccccc1. The molecule has 0 amide bonds. The Morgan fingerprint density at radius 2 is 1.41 bits per heavy atom. The van der Waals surface area contributed by atoms with Crippen molar-refractivity contribution in [3.8, 4) is 0 Å². The van der Waals surface area contributed by atoms with Gasteiger partial charge in [0.1, 0.15) is 0 Å². The summed E-state index contributed by atoms with van der Waals surface area (Å²) in [5.41, 5.74) is 8.15. The summed E-state index contributed by atoms with van der Waals surface area (Å²) in [4.78, 5) is 2.45. The van der Waals surface area contributed by atoms with Crippen molar-refractivity contribution in [2.45, 2.75) is 26.1 Å². The Morgan fingerprint density at radius 3 is 1.86 bits per heavy atom. The third-order valence-corrected chi connectivity index (χ3v) is 3.70. The maximum absolute atomic E-state index is 5.63. The van der Waals surface area contributed by atoms with E-state index in [1.54, 1.807) is 0 Å². The zero-order chi connectivity index (χ0) is 15.6. The highest BCUT2D eigenvalue weighted by Gasteiger charge is 2.15. The van der Waals surface area contributed by atoms with Crippen LogP contribution in [0, 0.1) is 0 Å². The summed E-state index contributed by atoms with van der Waals surface area (Å²) in [7, 11) is 0. The normalized spacial score (nSPS) is 12.5. The van der Waals surface area contributed by atoms with Gasteiger partial charge in [-0.15, -0.1) is 0 Å². The number of benzene rings is 2. The lowest BCUT2D eigenvalue weighted by atomic mass is 10.1. The standard InChI is InChI=1S/C19H26N2O/c1-17(16-22-13-12-20)21(14-18-8-4-2-5-9-18)15-19-10-6-3-7-11-19/h2-11,17H,12-16,20H2,1H3. The maximum Gasteiger partial charge on any atom is 0.0620 e. The highest BCUT2D eigenvalue weighted by molar-refractivity contribution is 5.17. The van der Waals surface area contributed by atoms with E-state index in [-0.39, 0.29) is 0 Å². The zero-order valence-corrected chi connectivity index (χ0v) is 13.3. The number of ether oxygens (including phenoxy) is 1. The predicted octanol–water partition coefficient (Wildman–Crippen LogP) is 3.05. The molecule has 22 heavy (non-hydrogen) atoms. The summed E-state index contributed by atoms with van der Waals surface area (Å²) >= 11 is 0. The molecule has 2 rings (SSSR count). The molecule has 0 aliphatic carbocycles. The number of rotatable bonds is 9. The molecule has 2 aromatic carbocycles. The Kier molecular flexibility index (Phi) is 7.10. The van der Waals surface area contributed by atoms with Crippen LogP contribution in [0.1, 0.15) is 18.1 Å². The molecule has 1 unspecified atom stereocenters. The Hall–Kier alpha value is -1.68. The van der Waals surface area contributed by atoms with Crippen LogP contribution in [0.3, 0.4) is 0 Å². The Balaban J connectivity index is 2.02. The lowest BCUT2D eigenvalue weighted by molar-refractivity contribution is 0.0629. The van der Waals surface area contributed by atoms with Gasteiger partial charge in [0.25, 0.3) is 0 Å². The minimum absolute atomic E-state index is 0.340. The fourth-order valence-corrected chi connectivity index (χ4v) is 2.45. The largest absolute Gasteiger partial charge is 0.379 e. The van der Waals surface area contributed by atoms with Crippen molar-refractivity contribution in [1.29, 1.82) is 0 Å². The van der Waals surface area contributed by atoms with Crippen LogP contribution in [-0.2, 0) is 17.8 Å². The van der Waals surface area contributed by atoms with Gasteiger partial charge in [-0.2, -0.15) is 0 Å². The predicted molar refractivity (Wildman–Crippen MR) is 91.5 cm³/mol. The van der Waals surface area contributed by atoms with Gasteiger partial charge in [-0.3, -0.25) is 4.90 Å². The minimum Gasteiger partial charge on any atom is -0.379 e. The molecule has 0 spiro atoms. The second-order valence-electron chi connectivity index (χ2n) is 5.59. The first-order valence-corrected chi connectivity index (χ1v) is 7.89. The summed E-state index contributed by atoms with van der Waals surface area (Å²) in [5.74, 6) is 0. The smallest absolute Gasteiger partial charge is 0.0620 e. The van der Waals surface area contributed by atoms with E-state index in [4.69, 9.17) is 10.5 Å². The molecule has 0 fully saturated rings. The molecule has 0 saturated carbocycles. The number of hydrogen-bond donors (Lipinski definition) is 1. The van der Waals surface area contributed by atoms with Gasteiger partial charge < -0.3 is 10.5 Å². The molecule has 0 aliphatic rings. The first kappa shape index (κ1) is 16.7. The lowest BCUT2D eigenvalue weighted by Crippen LogP contribution is -2.36. The fraction of sp³-hybridized carbons (Fsp3) is 0.368. The average molecular weight is 298 g/mol. The van der Waals surface area contributed by atoms with Crippen molar-refractivity contribution >= 4 is 0 Å². The van der Waals surface area contributed by atoms with Gasteiger partial charge in [-0.1, -0.05) is 60.7 Å². The van der Waals surface area contributed by atoms with E-state index in [2.05, 4.69) is 72.5 Å². The molecule has 2 aromatic rings. The van der Waals surface area contributed by atoms with Crippen molar-refractivity contribution < 1.29 is 4.74 Å². The van der Waals surface area contributed by atoms with Gasteiger partial charge >= 0.3 is 0 Å². The van der Waals surface area contributed by atoms with Gasteiger partial charge in [-0.25, -0.2) is 0 Å². The number of nitrogens with two attached hydrogens (primary N) is 1. The van der Waals surface area contributed by atoms with E-state index in [1.807, 2.05) is 0 Å². The molecule has 3 nitrogen and oxygen atoms in total. The third-order valence-electron chi connectivity index (χ3n) is 3.70. The second kappa shape index (κ2) is 9.36. The first-order valence-electron chi connectivity index (χ1n) is 7.89. The quantitative estimate of drug-likeness (QED) is 0.723. The van der Waals surface area contributed by atoms with Crippen molar-refractivity contribution in [3.05, 3.63) is 71.8 Å². The van der Waals surface area contributed by atoms with Crippen LogP contribution >= 0.6 is 0 Å². The van der Waals surface area contributed by atoms with Gasteiger partial charge in [0, 0.05) is 25.7 Å². The minimum atomic E-state index is 0.340. The molecule has 0 radical (unpaired) electrons. The van der Waals surface area contributed by atoms with Crippen LogP contribution in [0.5, 0.6) is 0 Å². The molecule has 0 heterocycles. The maximum atomic E-state index is 5.63. The highest BCUT2D eigenvalue weighted by Crippen LogP contribution is 2.13. The topological polar surface area (TPSA) is 38.5 Å². The van der Waals surface area contributed by atoms with Gasteiger partial charge in [0.2, 0.25) is 0 Å². The summed E-state index contributed by atoms with van der Waals surface area (Å²) in [6.45, 7) is 5.95. The molecule has 0 bridgehead atoms. The second-order valence-corrected chi connectivity index (χ2v) is 5.59. The summed E-state index contributed by atoms with van der Waals surface area (Å²) in [5, 5.41) is 0. The zero-order valence-electron chi connectivity index (χ0n) is 13.3. The monoisotopic (exact) mass is 298 g/mol. The molecule has 0 aromatic heterocycles. The van der Waals surface area contributed by atoms with E-state index in [0.717, 1.165) is 13.1 Å². The molecule has 118 valence electrons. The third kappa shape index (κ3) is 5.60. The van der Waals surface area contributed by atoms with Crippen LogP contribution in [0.15, 0.2) is 60.7 Å². The lowest BCUT2D eigenvalue weighted by Gasteiger charge is -2.29. The van der Waals surface area contributed by atoms with E-state index in [0.29, 0.717) is 25.8 Å². The van der Waals surface area contributed by atoms with E-state index >= 15 is 0 Å². The highest BCUT2D eigenvalue weighted by atomic mass is 16.5. The molecular formula is C19H26N2O. The number of hydrogen-bond acceptors (Lipinski definition) is 3. The van der Waals surface area contributed by atoms with E-state index < -0.39 is 0 Å². The number of nitrogens with zero attached hydrogens (tertiary/aromatic N) is 1. The van der Waals surface area contributed by atoms with E-state index in [1.165, 1.54) is 11.1 Å².